The zero-order valence-electron chi connectivity index (χ0n) is 18.3. The third-order valence-corrected chi connectivity index (χ3v) is 6.92. The fraction of sp³-hybridized carbons (Fsp3) is 0.233. The average Bonchev–Trinajstić information content (AvgIpc) is 3.08. The molecule has 0 saturated heterocycles. The van der Waals surface area contributed by atoms with Crippen molar-refractivity contribution in [2.75, 3.05) is 0 Å². The Kier molecular flexibility index (Phi) is 4.98. The molecule has 0 atom stereocenters. The molecule has 0 radical (unpaired) electrons. The van der Waals surface area contributed by atoms with Crippen molar-refractivity contribution in [3.8, 4) is 11.1 Å². The Morgan fingerprint density at radius 3 is 2.19 bits per heavy atom. The Morgan fingerprint density at radius 1 is 0.710 bits per heavy atom. The summed E-state index contributed by atoms with van der Waals surface area (Å²) in [6.07, 6.45) is 4.46. The largest absolute Gasteiger partial charge is 0.289 e. The molecule has 0 amide bonds. The van der Waals surface area contributed by atoms with Crippen molar-refractivity contribution in [1.82, 2.24) is 0 Å². The van der Waals surface area contributed by atoms with Crippen LogP contribution in [0.5, 0.6) is 0 Å². The van der Waals surface area contributed by atoms with Crippen LogP contribution >= 0.6 is 0 Å². The van der Waals surface area contributed by atoms with Crippen LogP contribution in [0.25, 0.3) is 21.9 Å². The maximum Gasteiger partial charge on any atom is 0.193 e. The molecular formula is C30H28O. The number of benzene rings is 4. The summed E-state index contributed by atoms with van der Waals surface area (Å²) >= 11 is 0. The summed E-state index contributed by atoms with van der Waals surface area (Å²) in [7, 11) is 0. The molecule has 1 nitrogen and oxygen atoms in total. The highest BCUT2D eigenvalue weighted by Crippen LogP contribution is 2.53. The Balaban J connectivity index is 1.68. The maximum absolute atomic E-state index is 13.7. The summed E-state index contributed by atoms with van der Waals surface area (Å²) in [6.45, 7) is 4.53. The van der Waals surface area contributed by atoms with Gasteiger partial charge in [-0.1, -0.05) is 106 Å². The van der Waals surface area contributed by atoms with E-state index in [0.717, 1.165) is 47.6 Å². The predicted octanol–water partition coefficient (Wildman–Crippen LogP) is 7.94. The van der Waals surface area contributed by atoms with Crippen molar-refractivity contribution in [2.24, 2.45) is 0 Å². The molecule has 31 heavy (non-hydrogen) atoms. The van der Waals surface area contributed by atoms with Crippen LogP contribution in [0.2, 0.25) is 0 Å². The van der Waals surface area contributed by atoms with Crippen LogP contribution in [0.1, 0.15) is 66.6 Å². The lowest BCUT2D eigenvalue weighted by molar-refractivity contribution is 0.104. The van der Waals surface area contributed by atoms with Crippen LogP contribution in [0.3, 0.4) is 0 Å². The molecule has 0 aliphatic heterocycles. The summed E-state index contributed by atoms with van der Waals surface area (Å²) in [4.78, 5) is 13.7. The van der Waals surface area contributed by atoms with E-state index in [1.807, 2.05) is 36.4 Å². The fourth-order valence-corrected chi connectivity index (χ4v) is 5.69. The first-order chi connectivity index (χ1) is 15.2. The summed E-state index contributed by atoms with van der Waals surface area (Å²) in [5.41, 5.74) is 6.98. The number of ketones is 1. The number of hydrogen-bond acceptors (Lipinski definition) is 1. The maximum atomic E-state index is 13.7. The smallest absolute Gasteiger partial charge is 0.193 e. The zero-order chi connectivity index (χ0) is 21.4. The molecule has 0 fully saturated rings. The lowest BCUT2D eigenvalue weighted by atomic mass is 9.71. The van der Waals surface area contributed by atoms with Gasteiger partial charge in [0.25, 0.3) is 0 Å². The van der Waals surface area contributed by atoms with Gasteiger partial charge in [0.1, 0.15) is 0 Å². The van der Waals surface area contributed by atoms with Gasteiger partial charge in [-0.25, -0.2) is 0 Å². The van der Waals surface area contributed by atoms with Gasteiger partial charge in [0.05, 0.1) is 0 Å². The standard InChI is InChI=1S/C30H28O/c1-3-18-30(19-4-2)27-15-8-7-13-24(27)25-17-16-22(20-28(25)30)29(31)26-14-9-11-21-10-5-6-12-23(21)26/h5-17,20H,3-4,18-19H2,1-2H3. The first kappa shape index (κ1) is 19.8. The van der Waals surface area contributed by atoms with E-state index in [1.54, 1.807) is 0 Å². The Hall–Kier alpha value is -3.19. The minimum absolute atomic E-state index is 0.00444. The molecular weight excluding hydrogens is 376 g/mol. The molecule has 5 rings (SSSR count). The topological polar surface area (TPSA) is 17.1 Å². The third kappa shape index (κ3) is 3.03. The molecule has 0 unspecified atom stereocenters. The van der Waals surface area contributed by atoms with Crippen LogP contribution < -0.4 is 0 Å². The van der Waals surface area contributed by atoms with E-state index in [1.165, 1.54) is 22.3 Å². The fourth-order valence-electron chi connectivity index (χ4n) is 5.69. The van der Waals surface area contributed by atoms with E-state index in [9.17, 15) is 4.79 Å². The molecule has 0 bridgehead atoms. The Morgan fingerprint density at radius 2 is 1.39 bits per heavy atom. The van der Waals surface area contributed by atoms with E-state index in [-0.39, 0.29) is 11.2 Å². The molecule has 0 heterocycles. The molecule has 0 aromatic heterocycles. The van der Waals surface area contributed by atoms with E-state index < -0.39 is 0 Å². The predicted molar refractivity (Wildman–Crippen MR) is 130 cm³/mol. The number of fused-ring (bicyclic) bond motifs is 4. The third-order valence-electron chi connectivity index (χ3n) is 6.92. The van der Waals surface area contributed by atoms with Gasteiger partial charge in [-0.05, 0) is 51.9 Å². The second-order valence-electron chi connectivity index (χ2n) is 8.74. The van der Waals surface area contributed by atoms with Crippen molar-refractivity contribution >= 4 is 16.6 Å². The number of carbonyl (C=O) groups excluding carboxylic acids is 1. The number of carbonyl (C=O) groups is 1. The van der Waals surface area contributed by atoms with E-state index in [2.05, 4.69) is 62.4 Å². The highest BCUT2D eigenvalue weighted by Gasteiger charge is 2.41. The van der Waals surface area contributed by atoms with Crippen molar-refractivity contribution in [3.05, 3.63) is 107 Å². The van der Waals surface area contributed by atoms with Crippen LogP contribution in [-0.4, -0.2) is 5.78 Å². The molecule has 4 aromatic carbocycles. The van der Waals surface area contributed by atoms with Crippen LogP contribution in [0.15, 0.2) is 84.9 Å². The van der Waals surface area contributed by atoms with Gasteiger partial charge >= 0.3 is 0 Å². The second kappa shape index (κ2) is 7.81. The normalized spacial score (nSPS) is 13.7. The Bertz CT molecular complexity index is 1270. The van der Waals surface area contributed by atoms with Crippen LogP contribution in [0, 0.1) is 0 Å². The van der Waals surface area contributed by atoms with E-state index >= 15 is 0 Å². The number of hydrogen-bond donors (Lipinski definition) is 0. The molecule has 1 heteroatoms. The highest BCUT2D eigenvalue weighted by molar-refractivity contribution is 6.16. The lowest BCUT2D eigenvalue weighted by Gasteiger charge is -2.32. The number of rotatable bonds is 6. The zero-order valence-corrected chi connectivity index (χ0v) is 18.3. The molecule has 1 aliphatic rings. The first-order valence-electron chi connectivity index (χ1n) is 11.5. The molecule has 154 valence electrons. The van der Waals surface area contributed by atoms with Crippen molar-refractivity contribution < 1.29 is 4.79 Å². The Labute approximate surface area is 184 Å². The highest BCUT2D eigenvalue weighted by atomic mass is 16.1. The van der Waals surface area contributed by atoms with Crippen LogP contribution in [-0.2, 0) is 5.41 Å². The molecule has 0 N–H and O–H groups in total. The molecule has 0 saturated carbocycles. The molecule has 0 spiro atoms. The van der Waals surface area contributed by atoms with Crippen molar-refractivity contribution in [3.63, 3.8) is 0 Å². The van der Waals surface area contributed by atoms with Gasteiger partial charge in [0.15, 0.2) is 5.78 Å². The summed E-state index contributed by atoms with van der Waals surface area (Å²) in [5.74, 6) is 0.109. The van der Waals surface area contributed by atoms with Crippen LogP contribution in [0.4, 0.5) is 0 Å². The summed E-state index contributed by atoms with van der Waals surface area (Å²) in [5, 5.41) is 2.13. The van der Waals surface area contributed by atoms with E-state index in [4.69, 9.17) is 0 Å². The van der Waals surface area contributed by atoms with Gasteiger partial charge < -0.3 is 0 Å². The quantitative estimate of drug-likeness (QED) is 0.298. The molecule has 4 aromatic rings. The minimum atomic E-state index is 0.00444. The van der Waals surface area contributed by atoms with Crippen molar-refractivity contribution in [1.29, 1.82) is 0 Å². The lowest BCUT2D eigenvalue weighted by Crippen LogP contribution is -2.25. The SMILES string of the molecule is CCCC1(CCC)c2ccccc2-c2ccc(C(=O)c3cccc4ccccc34)cc21. The first-order valence-corrected chi connectivity index (χ1v) is 11.5. The van der Waals surface area contributed by atoms with E-state index in [0.29, 0.717) is 0 Å². The van der Waals surface area contributed by atoms with Gasteiger partial charge in [0, 0.05) is 16.5 Å². The van der Waals surface area contributed by atoms with Gasteiger partial charge in [0.2, 0.25) is 0 Å². The second-order valence-corrected chi connectivity index (χ2v) is 8.74. The minimum Gasteiger partial charge on any atom is -0.289 e. The van der Waals surface area contributed by atoms with Gasteiger partial charge in [-0.15, -0.1) is 0 Å². The van der Waals surface area contributed by atoms with Gasteiger partial charge in [-0.3, -0.25) is 4.79 Å². The van der Waals surface area contributed by atoms with Crippen molar-refractivity contribution in [2.45, 2.75) is 44.9 Å². The van der Waals surface area contributed by atoms with Gasteiger partial charge in [-0.2, -0.15) is 0 Å². The summed E-state index contributed by atoms with van der Waals surface area (Å²) in [6, 6.07) is 29.4. The monoisotopic (exact) mass is 404 g/mol. The molecule has 1 aliphatic carbocycles. The summed E-state index contributed by atoms with van der Waals surface area (Å²) < 4.78 is 0. The average molecular weight is 405 g/mol.